The molecule has 2 aliphatic heterocycles. The average molecular weight is 442 g/mol. The van der Waals surface area contributed by atoms with Crippen LogP contribution in [0.5, 0.6) is 5.88 Å². The summed E-state index contributed by atoms with van der Waals surface area (Å²) in [4.78, 5) is 21.7. The largest absolute Gasteiger partial charge is 0.478 e. The topological polar surface area (TPSA) is 105 Å². The van der Waals surface area contributed by atoms with Crippen LogP contribution in [0.15, 0.2) is 42.5 Å². The Morgan fingerprint density at radius 3 is 2.47 bits per heavy atom. The van der Waals surface area contributed by atoms with Crippen LogP contribution in [0.1, 0.15) is 42.5 Å². The maximum Gasteiger partial charge on any atom is 0.328 e. The molecule has 0 unspecified atom stereocenters. The number of hydrogen-bond acceptors (Lipinski definition) is 5. The van der Waals surface area contributed by atoms with Crippen molar-refractivity contribution in [3.63, 3.8) is 0 Å². The van der Waals surface area contributed by atoms with E-state index in [2.05, 4.69) is 45.0 Å². The molecule has 3 heterocycles. The zero-order valence-electron chi connectivity index (χ0n) is 18.3. The van der Waals surface area contributed by atoms with Gasteiger partial charge in [-0.25, -0.2) is 9.59 Å². The van der Waals surface area contributed by atoms with E-state index in [9.17, 15) is 9.59 Å². The van der Waals surface area contributed by atoms with E-state index >= 15 is 0 Å². The molecule has 0 radical (unpaired) electrons. The van der Waals surface area contributed by atoms with Crippen molar-refractivity contribution in [3.05, 3.63) is 59.3 Å². The van der Waals surface area contributed by atoms with E-state index < -0.39 is 11.9 Å². The smallest absolute Gasteiger partial charge is 0.328 e. The van der Waals surface area contributed by atoms with Crippen LogP contribution < -0.4 is 4.74 Å². The lowest BCUT2D eigenvalue weighted by Gasteiger charge is -2.28. The van der Waals surface area contributed by atoms with Gasteiger partial charge in [0, 0.05) is 43.5 Å². The summed E-state index contributed by atoms with van der Waals surface area (Å²) in [6.45, 7) is 5.28. The molecule has 32 heavy (non-hydrogen) atoms. The van der Waals surface area contributed by atoms with Crippen molar-refractivity contribution in [1.29, 1.82) is 0 Å². The quantitative estimate of drug-likeness (QED) is 0.479. The number of aliphatic carboxylic acids is 2. The molecular weight excluding hydrogens is 410 g/mol. The average Bonchev–Trinajstić information content (AvgIpc) is 3.21. The number of aryl methyl sites for hydroxylation is 2. The van der Waals surface area contributed by atoms with Gasteiger partial charge in [-0.15, -0.1) is 5.10 Å². The second kappa shape index (κ2) is 12.0. The molecule has 4 rings (SSSR count). The first-order valence-corrected chi connectivity index (χ1v) is 11.1. The van der Waals surface area contributed by atoms with Gasteiger partial charge in [-0.1, -0.05) is 24.3 Å². The van der Waals surface area contributed by atoms with Crippen LogP contribution >= 0.6 is 0 Å². The number of hydrogen-bond donors (Lipinski definition) is 2. The Morgan fingerprint density at radius 2 is 1.75 bits per heavy atom. The van der Waals surface area contributed by atoms with E-state index in [4.69, 9.17) is 14.9 Å². The zero-order valence-corrected chi connectivity index (χ0v) is 18.3. The highest BCUT2D eigenvalue weighted by Gasteiger charge is 2.15. The number of carbonyl (C=O) groups is 2. The summed E-state index contributed by atoms with van der Waals surface area (Å²) in [7, 11) is 0. The highest BCUT2D eigenvalue weighted by atomic mass is 16.5. The standard InChI is InChI=1S/C20H27N3O.C4H4O4/c1-2-8-18-16-22(13-10-17(18)7-1)11-5-6-14-24-20-15-19-9-3-4-12-23(19)21-20;5-3(6)1-2-4(7)8/h1-2,7-8,15H,3-6,9-14,16H2;1-2H,(H,5,6)(H,7,8)/b;2-1-. The van der Waals surface area contributed by atoms with Gasteiger partial charge in [-0.05, 0) is 56.2 Å². The minimum absolute atomic E-state index is 0.558. The zero-order chi connectivity index (χ0) is 22.8. The minimum atomic E-state index is -1.26. The number of carboxylic acid groups (broad SMARTS) is 2. The number of benzene rings is 1. The van der Waals surface area contributed by atoms with E-state index in [0.717, 1.165) is 45.0 Å². The van der Waals surface area contributed by atoms with Crippen molar-refractivity contribution >= 4 is 11.9 Å². The Balaban J connectivity index is 0.000000312. The molecule has 8 heteroatoms. The summed E-state index contributed by atoms with van der Waals surface area (Å²) < 4.78 is 7.97. The van der Waals surface area contributed by atoms with Gasteiger partial charge < -0.3 is 14.9 Å². The Bertz CT molecular complexity index is 898. The second-order valence-corrected chi connectivity index (χ2v) is 8.01. The molecule has 1 aromatic carbocycles. The molecule has 2 aliphatic rings. The predicted octanol–water partition coefficient (Wildman–Crippen LogP) is 3.15. The molecule has 0 spiro atoms. The van der Waals surface area contributed by atoms with Crippen LogP contribution in [0.4, 0.5) is 0 Å². The third kappa shape index (κ3) is 7.53. The highest BCUT2D eigenvalue weighted by Crippen LogP contribution is 2.20. The molecule has 2 aromatic rings. The van der Waals surface area contributed by atoms with Gasteiger partial charge in [0.2, 0.25) is 5.88 Å². The summed E-state index contributed by atoms with van der Waals surface area (Å²) >= 11 is 0. The number of fused-ring (bicyclic) bond motifs is 2. The fourth-order valence-corrected chi connectivity index (χ4v) is 3.96. The monoisotopic (exact) mass is 441 g/mol. The van der Waals surface area contributed by atoms with Crippen molar-refractivity contribution in [2.45, 2.75) is 51.6 Å². The number of unbranched alkanes of at least 4 members (excludes halogenated alkanes) is 1. The summed E-state index contributed by atoms with van der Waals surface area (Å²) in [6.07, 6.45) is 8.26. The molecular formula is C24H31N3O5. The molecule has 0 saturated heterocycles. The lowest BCUT2D eigenvalue weighted by Crippen LogP contribution is -2.31. The van der Waals surface area contributed by atoms with Crippen molar-refractivity contribution in [3.8, 4) is 5.88 Å². The van der Waals surface area contributed by atoms with E-state index in [0.29, 0.717) is 12.2 Å². The molecule has 2 N–H and O–H groups in total. The van der Waals surface area contributed by atoms with Crippen LogP contribution in [0.2, 0.25) is 0 Å². The van der Waals surface area contributed by atoms with Gasteiger partial charge in [0.05, 0.1) is 6.61 Å². The van der Waals surface area contributed by atoms with Crippen molar-refractivity contribution in [1.82, 2.24) is 14.7 Å². The lowest BCUT2D eigenvalue weighted by atomic mass is 10.00. The molecule has 8 nitrogen and oxygen atoms in total. The summed E-state index contributed by atoms with van der Waals surface area (Å²) in [5.74, 6) is -1.70. The van der Waals surface area contributed by atoms with Gasteiger partial charge in [-0.3, -0.25) is 9.58 Å². The second-order valence-electron chi connectivity index (χ2n) is 8.01. The van der Waals surface area contributed by atoms with Gasteiger partial charge in [0.1, 0.15) is 0 Å². The van der Waals surface area contributed by atoms with Crippen molar-refractivity contribution < 1.29 is 24.5 Å². The van der Waals surface area contributed by atoms with E-state index in [1.165, 1.54) is 49.0 Å². The molecule has 0 bridgehead atoms. The summed E-state index contributed by atoms with van der Waals surface area (Å²) in [5.41, 5.74) is 4.37. The van der Waals surface area contributed by atoms with Crippen LogP contribution in [0.3, 0.4) is 0 Å². The summed E-state index contributed by atoms with van der Waals surface area (Å²) in [6, 6.07) is 11.0. The Kier molecular flexibility index (Phi) is 8.86. The lowest BCUT2D eigenvalue weighted by molar-refractivity contribution is -0.134. The molecule has 172 valence electrons. The predicted molar refractivity (Wildman–Crippen MR) is 120 cm³/mol. The van der Waals surface area contributed by atoms with Gasteiger partial charge >= 0.3 is 11.9 Å². The van der Waals surface area contributed by atoms with Gasteiger partial charge in [0.25, 0.3) is 0 Å². The third-order valence-corrected chi connectivity index (χ3v) is 5.59. The van der Waals surface area contributed by atoms with Crippen LogP contribution in [0, 0.1) is 0 Å². The Hall–Kier alpha value is -3.13. The Labute approximate surface area is 188 Å². The maximum atomic E-state index is 9.55. The first kappa shape index (κ1) is 23.5. The molecule has 1 aromatic heterocycles. The van der Waals surface area contributed by atoms with Crippen LogP contribution in [-0.4, -0.2) is 56.5 Å². The first-order valence-electron chi connectivity index (χ1n) is 11.1. The van der Waals surface area contributed by atoms with Gasteiger partial charge in [-0.2, -0.15) is 0 Å². The van der Waals surface area contributed by atoms with Crippen molar-refractivity contribution in [2.24, 2.45) is 0 Å². The highest BCUT2D eigenvalue weighted by molar-refractivity contribution is 5.89. The van der Waals surface area contributed by atoms with Crippen molar-refractivity contribution in [2.75, 3.05) is 19.7 Å². The van der Waals surface area contributed by atoms with E-state index in [1.54, 1.807) is 0 Å². The molecule has 0 aliphatic carbocycles. The molecule has 0 atom stereocenters. The van der Waals surface area contributed by atoms with Crippen LogP contribution in [-0.2, 0) is 35.5 Å². The third-order valence-electron chi connectivity index (χ3n) is 5.59. The number of nitrogens with zero attached hydrogens (tertiary/aromatic N) is 3. The van der Waals surface area contributed by atoms with E-state index in [-0.39, 0.29) is 0 Å². The number of rotatable bonds is 8. The normalized spacial score (nSPS) is 15.4. The van der Waals surface area contributed by atoms with E-state index in [1.807, 2.05) is 0 Å². The first-order chi connectivity index (χ1) is 15.5. The fourth-order valence-electron chi connectivity index (χ4n) is 3.96. The van der Waals surface area contributed by atoms with Gasteiger partial charge in [0.15, 0.2) is 0 Å². The molecule has 0 amide bonds. The fraction of sp³-hybridized carbons (Fsp3) is 0.458. The number of carboxylic acids is 2. The summed E-state index contributed by atoms with van der Waals surface area (Å²) in [5, 5.41) is 20.2. The number of aromatic nitrogens is 2. The maximum absolute atomic E-state index is 9.55. The molecule has 0 saturated carbocycles. The molecule has 0 fully saturated rings. The number of ether oxygens (including phenoxy) is 1. The Morgan fingerprint density at radius 1 is 1.00 bits per heavy atom. The van der Waals surface area contributed by atoms with Crippen LogP contribution in [0.25, 0.3) is 0 Å². The SMILES string of the molecule is O=C(O)/C=C\C(=O)O.c1ccc2c(c1)CCN(CCCCOc1cc3n(n1)CCCC3)C2. The minimum Gasteiger partial charge on any atom is -0.478 e.